The van der Waals surface area contributed by atoms with E-state index in [9.17, 15) is 9.59 Å². The number of nitrogens with zero attached hydrogens (tertiary/aromatic N) is 3. The Bertz CT molecular complexity index is 609. The number of amides is 2. The van der Waals surface area contributed by atoms with Gasteiger partial charge in [-0.2, -0.15) is 0 Å². The van der Waals surface area contributed by atoms with Crippen LogP contribution in [-0.2, 0) is 13.1 Å². The number of hydrogen-bond donors (Lipinski definition) is 2. The topological polar surface area (TPSA) is 87.5 Å². The molecule has 7 nitrogen and oxygen atoms in total. The second kappa shape index (κ2) is 6.89. The zero-order valence-corrected chi connectivity index (χ0v) is 12.3. The molecule has 112 valence electrons. The number of rotatable bonds is 6. The first-order chi connectivity index (χ1) is 10.1. The van der Waals surface area contributed by atoms with Gasteiger partial charge in [0.25, 0.3) is 0 Å². The molecule has 0 atom stereocenters. The van der Waals surface area contributed by atoms with Crippen molar-refractivity contribution in [3.05, 3.63) is 40.6 Å². The largest absolute Gasteiger partial charge is 0.476 e. The lowest BCUT2D eigenvalue weighted by Crippen LogP contribution is -2.38. The van der Waals surface area contributed by atoms with Gasteiger partial charge in [-0.3, -0.25) is 0 Å². The molecule has 0 aliphatic rings. The van der Waals surface area contributed by atoms with Gasteiger partial charge in [-0.15, -0.1) is 11.3 Å². The molecule has 0 saturated heterocycles. The molecule has 2 amide bonds. The average molecular weight is 308 g/mol. The number of carbonyl (C=O) groups is 2. The van der Waals surface area contributed by atoms with Gasteiger partial charge < -0.3 is 19.9 Å². The van der Waals surface area contributed by atoms with E-state index < -0.39 is 5.97 Å². The summed E-state index contributed by atoms with van der Waals surface area (Å²) in [6, 6.07) is 3.76. The van der Waals surface area contributed by atoms with E-state index in [1.165, 1.54) is 12.5 Å². The van der Waals surface area contributed by atoms with Crippen molar-refractivity contribution in [2.75, 3.05) is 13.6 Å². The highest BCUT2D eigenvalue weighted by molar-refractivity contribution is 7.09. The Balaban J connectivity index is 1.74. The summed E-state index contributed by atoms with van der Waals surface area (Å²) in [7, 11) is 1.73. The highest BCUT2D eigenvalue weighted by atomic mass is 32.1. The van der Waals surface area contributed by atoms with Crippen LogP contribution < -0.4 is 5.32 Å². The fourth-order valence-electron chi connectivity index (χ4n) is 1.73. The summed E-state index contributed by atoms with van der Waals surface area (Å²) in [6.07, 6.45) is 2.87. The van der Waals surface area contributed by atoms with Gasteiger partial charge in [0.15, 0.2) is 5.69 Å². The molecular formula is C13H16N4O3S. The molecular weight excluding hydrogens is 292 g/mol. The van der Waals surface area contributed by atoms with E-state index in [1.54, 1.807) is 27.9 Å². The van der Waals surface area contributed by atoms with Crippen molar-refractivity contribution >= 4 is 23.3 Å². The van der Waals surface area contributed by atoms with Gasteiger partial charge in [-0.05, 0) is 11.4 Å². The van der Waals surface area contributed by atoms with Crippen LogP contribution in [0.15, 0.2) is 30.0 Å². The van der Waals surface area contributed by atoms with E-state index in [0.717, 1.165) is 4.88 Å². The molecule has 0 aliphatic heterocycles. The number of carboxylic acid groups (broad SMARTS) is 1. The zero-order valence-electron chi connectivity index (χ0n) is 11.5. The quantitative estimate of drug-likeness (QED) is 0.846. The minimum atomic E-state index is -1.06. The van der Waals surface area contributed by atoms with Crippen LogP contribution in [0.4, 0.5) is 4.79 Å². The summed E-state index contributed by atoms with van der Waals surface area (Å²) >= 11 is 1.61. The van der Waals surface area contributed by atoms with Crippen molar-refractivity contribution in [3.8, 4) is 0 Å². The first kappa shape index (κ1) is 15.0. The Morgan fingerprint density at radius 2 is 2.33 bits per heavy atom. The molecule has 8 heteroatoms. The van der Waals surface area contributed by atoms with Crippen LogP contribution in [0, 0.1) is 0 Å². The monoisotopic (exact) mass is 308 g/mol. The third-order valence-corrected chi connectivity index (χ3v) is 3.68. The Morgan fingerprint density at radius 3 is 2.95 bits per heavy atom. The van der Waals surface area contributed by atoms with E-state index in [4.69, 9.17) is 5.11 Å². The minimum absolute atomic E-state index is 0.00357. The molecule has 0 aliphatic carbocycles. The zero-order chi connectivity index (χ0) is 15.2. The van der Waals surface area contributed by atoms with Crippen molar-refractivity contribution in [1.82, 2.24) is 19.8 Å². The summed E-state index contributed by atoms with van der Waals surface area (Å²) in [5.74, 6) is -1.06. The number of carboxylic acids is 1. The summed E-state index contributed by atoms with van der Waals surface area (Å²) in [4.78, 5) is 29.0. The van der Waals surface area contributed by atoms with Gasteiger partial charge in [-0.25, -0.2) is 14.6 Å². The van der Waals surface area contributed by atoms with Crippen molar-refractivity contribution in [3.63, 3.8) is 0 Å². The average Bonchev–Trinajstić information content (AvgIpc) is 3.09. The lowest BCUT2D eigenvalue weighted by atomic mass is 10.4. The lowest BCUT2D eigenvalue weighted by molar-refractivity contribution is 0.0691. The van der Waals surface area contributed by atoms with Gasteiger partial charge in [0.2, 0.25) is 0 Å². The number of thiophene rings is 1. The van der Waals surface area contributed by atoms with Gasteiger partial charge in [0.1, 0.15) is 0 Å². The fourth-order valence-corrected chi connectivity index (χ4v) is 2.49. The molecule has 0 radical (unpaired) electrons. The molecule has 21 heavy (non-hydrogen) atoms. The summed E-state index contributed by atoms with van der Waals surface area (Å²) in [5, 5.41) is 13.5. The third-order valence-electron chi connectivity index (χ3n) is 2.82. The van der Waals surface area contributed by atoms with Crippen molar-refractivity contribution in [2.45, 2.75) is 13.1 Å². The molecule has 2 aromatic heterocycles. The molecule has 0 aromatic carbocycles. The van der Waals surface area contributed by atoms with Gasteiger partial charge in [0, 0.05) is 31.2 Å². The predicted octanol–water partition coefficient (Wildman–Crippen LogP) is 1.48. The number of nitrogens with one attached hydrogen (secondary N) is 1. The molecule has 2 aromatic rings. The van der Waals surface area contributed by atoms with Crippen LogP contribution >= 0.6 is 11.3 Å². The van der Waals surface area contributed by atoms with Crippen LogP contribution in [0.3, 0.4) is 0 Å². The fraction of sp³-hybridized carbons (Fsp3) is 0.308. The van der Waals surface area contributed by atoms with Crippen molar-refractivity contribution in [1.29, 1.82) is 0 Å². The SMILES string of the molecule is CN(Cc1cccs1)C(=O)NCCn1cnc(C(=O)O)c1. The maximum atomic E-state index is 11.9. The van der Waals surface area contributed by atoms with Crippen LogP contribution in [0.1, 0.15) is 15.4 Å². The first-order valence-electron chi connectivity index (χ1n) is 6.32. The molecule has 2 N–H and O–H groups in total. The Hall–Kier alpha value is -2.35. The van der Waals surface area contributed by atoms with Gasteiger partial charge in [0.05, 0.1) is 12.9 Å². The Labute approximate surface area is 125 Å². The smallest absolute Gasteiger partial charge is 0.356 e. The predicted molar refractivity (Wildman–Crippen MR) is 78.4 cm³/mol. The highest BCUT2D eigenvalue weighted by Gasteiger charge is 2.09. The van der Waals surface area contributed by atoms with Crippen molar-refractivity contribution in [2.24, 2.45) is 0 Å². The number of carbonyl (C=O) groups excluding carboxylic acids is 1. The molecule has 2 rings (SSSR count). The summed E-state index contributed by atoms with van der Waals surface area (Å²) in [6.45, 7) is 1.44. The second-order valence-corrected chi connectivity index (χ2v) is 5.50. The molecule has 0 saturated carbocycles. The van der Waals surface area contributed by atoms with E-state index in [1.807, 2.05) is 17.5 Å². The number of imidazole rings is 1. The molecule has 0 spiro atoms. The van der Waals surface area contributed by atoms with E-state index in [2.05, 4.69) is 10.3 Å². The lowest BCUT2D eigenvalue weighted by Gasteiger charge is -2.17. The van der Waals surface area contributed by atoms with Crippen LogP contribution in [0.2, 0.25) is 0 Å². The summed E-state index contributed by atoms with van der Waals surface area (Å²) in [5.41, 5.74) is -0.00357. The second-order valence-electron chi connectivity index (χ2n) is 4.47. The first-order valence-corrected chi connectivity index (χ1v) is 7.20. The molecule has 0 bridgehead atoms. The Kier molecular flexibility index (Phi) is 4.94. The highest BCUT2D eigenvalue weighted by Crippen LogP contribution is 2.10. The summed E-state index contributed by atoms with van der Waals surface area (Å²) < 4.78 is 1.63. The normalized spacial score (nSPS) is 10.3. The van der Waals surface area contributed by atoms with E-state index in [0.29, 0.717) is 19.6 Å². The van der Waals surface area contributed by atoms with Crippen LogP contribution in [0.25, 0.3) is 0 Å². The van der Waals surface area contributed by atoms with Crippen LogP contribution in [-0.4, -0.2) is 45.2 Å². The Morgan fingerprint density at radius 1 is 1.52 bits per heavy atom. The number of hydrogen-bond acceptors (Lipinski definition) is 4. The minimum Gasteiger partial charge on any atom is -0.476 e. The number of aromatic carboxylic acids is 1. The maximum absolute atomic E-state index is 11.9. The maximum Gasteiger partial charge on any atom is 0.356 e. The molecule has 0 fully saturated rings. The standard InChI is InChI=1S/C13H16N4O3S/c1-16(7-10-3-2-6-21-10)13(20)14-4-5-17-8-11(12(18)19)15-9-17/h2-3,6,8-9H,4-5,7H2,1H3,(H,14,20)(H,18,19). The van der Waals surface area contributed by atoms with E-state index in [-0.39, 0.29) is 11.7 Å². The van der Waals surface area contributed by atoms with Crippen molar-refractivity contribution < 1.29 is 14.7 Å². The third kappa shape index (κ3) is 4.32. The van der Waals surface area contributed by atoms with Gasteiger partial charge in [-0.1, -0.05) is 6.07 Å². The van der Waals surface area contributed by atoms with Crippen LogP contribution in [0.5, 0.6) is 0 Å². The van der Waals surface area contributed by atoms with E-state index >= 15 is 0 Å². The van der Waals surface area contributed by atoms with Gasteiger partial charge >= 0.3 is 12.0 Å². The molecule has 0 unspecified atom stereocenters. The number of aromatic nitrogens is 2. The molecule has 2 heterocycles. The number of urea groups is 1.